The van der Waals surface area contributed by atoms with Crippen LogP contribution < -0.4 is 16.0 Å². The number of aryl methyl sites for hydroxylation is 1. The molecule has 11 heteroatoms. The lowest BCUT2D eigenvalue weighted by atomic mass is 10.2. The fourth-order valence-corrected chi connectivity index (χ4v) is 4.50. The number of carboxylic acid groups (broad SMARTS) is 1. The predicted octanol–water partition coefficient (Wildman–Crippen LogP) is 2.37. The van der Waals surface area contributed by atoms with Crippen LogP contribution in [0.5, 0.6) is 5.75 Å². The summed E-state index contributed by atoms with van der Waals surface area (Å²) < 4.78 is 0. The van der Waals surface area contributed by atoms with Crippen LogP contribution in [0.25, 0.3) is 0 Å². The first-order valence-corrected chi connectivity index (χ1v) is 11.5. The highest BCUT2D eigenvalue weighted by Gasteiger charge is 2.24. The van der Waals surface area contributed by atoms with Gasteiger partial charge in [0.1, 0.15) is 11.8 Å². The summed E-state index contributed by atoms with van der Waals surface area (Å²) in [5, 5.41) is 28.3. The van der Waals surface area contributed by atoms with Crippen molar-refractivity contribution in [3.05, 3.63) is 73.6 Å². The smallest absolute Gasteiger partial charge is 0.328 e. The topological polar surface area (TPSA) is 145 Å². The molecule has 1 aromatic carbocycles. The number of carboxylic acids is 1. The Kier molecular flexibility index (Phi) is 7.80. The largest absolute Gasteiger partial charge is 0.508 e. The van der Waals surface area contributed by atoms with Crippen LogP contribution in [0.2, 0.25) is 0 Å². The van der Waals surface area contributed by atoms with Gasteiger partial charge >= 0.3 is 5.97 Å². The number of phenols is 1. The van der Waals surface area contributed by atoms with Crippen molar-refractivity contribution in [2.75, 3.05) is 6.54 Å². The lowest BCUT2D eigenvalue weighted by Gasteiger charge is -2.15. The van der Waals surface area contributed by atoms with Gasteiger partial charge in [-0.05, 0) is 47.7 Å². The second-order valence-corrected chi connectivity index (χ2v) is 9.03. The van der Waals surface area contributed by atoms with Crippen LogP contribution in [0.4, 0.5) is 0 Å². The molecule has 172 valence electrons. The molecule has 0 saturated heterocycles. The number of nitrogens with one attached hydrogen (secondary N) is 3. The molecule has 1 unspecified atom stereocenters. The molecule has 0 bridgehead atoms. The van der Waals surface area contributed by atoms with E-state index < -0.39 is 29.7 Å². The first kappa shape index (κ1) is 24.0. The summed E-state index contributed by atoms with van der Waals surface area (Å²) in [5.41, 5.74) is 1.23. The van der Waals surface area contributed by atoms with E-state index in [0.29, 0.717) is 16.0 Å². The maximum Gasteiger partial charge on any atom is 0.328 e. The first-order valence-electron chi connectivity index (χ1n) is 9.76. The Morgan fingerprint density at radius 2 is 1.73 bits per heavy atom. The molecule has 0 radical (unpaired) electrons. The minimum atomic E-state index is -1.34. The number of carbonyl (C=O) groups is 4. The Hall–Kier alpha value is -3.70. The molecule has 0 aliphatic rings. The minimum absolute atomic E-state index is 0.0900. The van der Waals surface area contributed by atoms with Gasteiger partial charge in [0.25, 0.3) is 17.7 Å². The van der Waals surface area contributed by atoms with E-state index in [1.807, 2.05) is 0 Å². The average Bonchev–Trinajstić information content (AvgIpc) is 3.44. The number of phenolic OH excluding ortho intramolecular Hbond substituents is 1. The summed E-state index contributed by atoms with van der Waals surface area (Å²) in [4.78, 5) is 49.7. The Balaban J connectivity index is 1.60. The monoisotopic (exact) mass is 487 g/mol. The van der Waals surface area contributed by atoms with Crippen LogP contribution in [0.1, 0.15) is 40.1 Å². The van der Waals surface area contributed by atoms with Gasteiger partial charge in [0, 0.05) is 13.1 Å². The van der Waals surface area contributed by atoms with Crippen LogP contribution in [-0.2, 0) is 11.3 Å². The van der Waals surface area contributed by atoms with Crippen molar-refractivity contribution in [3.63, 3.8) is 0 Å². The Morgan fingerprint density at radius 1 is 0.970 bits per heavy atom. The highest BCUT2D eigenvalue weighted by molar-refractivity contribution is 7.16. The SMILES string of the molecule is Cc1cc(C(=O)NCc2cccc(O)c2)sc1C(=O)NC(CNC(=O)c1cccs1)C(=O)O. The zero-order valence-electron chi connectivity index (χ0n) is 17.5. The molecule has 0 fully saturated rings. The molecule has 0 aliphatic heterocycles. The Bertz CT molecular complexity index is 1170. The third-order valence-corrected chi connectivity index (χ3v) is 6.63. The standard InChI is InChI=1S/C22H21N3O6S2/c1-12-8-17(20(28)23-10-13-4-2-5-14(26)9-13)33-18(12)21(29)25-15(22(30)31)11-24-19(27)16-6-3-7-32-16/h2-9,15,26H,10-11H2,1H3,(H,23,28)(H,24,27)(H,25,29)(H,30,31). The molecular weight excluding hydrogens is 466 g/mol. The second-order valence-electron chi connectivity index (χ2n) is 7.03. The van der Waals surface area contributed by atoms with E-state index in [4.69, 9.17) is 0 Å². The summed E-state index contributed by atoms with van der Waals surface area (Å²) in [7, 11) is 0. The predicted molar refractivity (Wildman–Crippen MR) is 124 cm³/mol. The van der Waals surface area contributed by atoms with E-state index in [1.165, 1.54) is 23.5 Å². The zero-order valence-corrected chi connectivity index (χ0v) is 19.1. The number of thiophene rings is 2. The molecular formula is C22H21N3O6S2. The minimum Gasteiger partial charge on any atom is -0.508 e. The van der Waals surface area contributed by atoms with Gasteiger partial charge in [0.15, 0.2) is 0 Å². The highest BCUT2D eigenvalue weighted by Crippen LogP contribution is 2.22. The van der Waals surface area contributed by atoms with Crippen LogP contribution in [0.15, 0.2) is 47.8 Å². The maximum atomic E-state index is 12.7. The van der Waals surface area contributed by atoms with Gasteiger partial charge < -0.3 is 26.2 Å². The number of benzene rings is 1. The second kappa shape index (κ2) is 10.7. The fraction of sp³-hybridized carbons (Fsp3) is 0.182. The Labute approximate surface area is 197 Å². The van der Waals surface area contributed by atoms with Gasteiger partial charge in [-0.15, -0.1) is 22.7 Å². The first-order chi connectivity index (χ1) is 15.7. The van der Waals surface area contributed by atoms with Crippen molar-refractivity contribution in [1.29, 1.82) is 0 Å². The molecule has 3 rings (SSSR count). The molecule has 2 heterocycles. The molecule has 33 heavy (non-hydrogen) atoms. The molecule has 0 aliphatic carbocycles. The van der Waals surface area contributed by atoms with Gasteiger partial charge in [-0.1, -0.05) is 18.2 Å². The number of aromatic hydroxyl groups is 1. The van der Waals surface area contributed by atoms with E-state index in [-0.39, 0.29) is 28.6 Å². The number of rotatable bonds is 9. The van der Waals surface area contributed by atoms with Gasteiger partial charge in [-0.25, -0.2) is 4.79 Å². The molecule has 2 aromatic heterocycles. The van der Waals surface area contributed by atoms with Gasteiger partial charge in [0.05, 0.1) is 14.6 Å². The van der Waals surface area contributed by atoms with Crippen molar-refractivity contribution in [3.8, 4) is 5.75 Å². The zero-order chi connectivity index (χ0) is 24.0. The lowest BCUT2D eigenvalue weighted by molar-refractivity contribution is -0.139. The molecule has 5 N–H and O–H groups in total. The number of carbonyl (C=O) groups excluding carboxylic acids is 3. The molecule has 0 saturated carbocycles. The third-order valence-electron chi connectivity index (χ3n) is 4.53. The number of hydrogen-bond acceptors (Lipinski definition) is 7. The normalized spacial score (nSPS) is 11.4. The molecule has 9 nitrogen and oxygen atoms in total. The third kappa shape index (κ3) is 6.40. The number of aliphatic carboxylic acids is 1. The molecule has 3 aromatic rings. The quantitative estimate of drug-likeness (QED) is 0.313. The van der Waals surface area contributed by atoms with E-state index in [1.54, 1.807) is 42.6 Å². The Morgan fingerprint density at radius 3 is 2.39 bits per heavy atom. The van der Waals surface area contributed by atoms with Gasteiger partial charge in [-0.3, -0.25) is 14.4 Å². The van der Waals surface area contributed by atoms with Crippen LogP contribution in [-0.4, -0.2) is 46.5 Å². The average molecular weight is 488 g/mol. The van der Waals surface area contributed by atoms with E-state index in [9.17, 15) is 29.4 Å². The van der Waals surface area contributed by atoms with Gasteiger partial charge in [-0.2, -0.15) is 0 Å². The summed E-state index contributed by atoms with van der Waals surface area (Å²) in [5.74, 6) is -2.69. The molecule has 1 atom stereocenters. The highest BCUT2D eigenvalue weighted by atomic mass is 32.1. The summed E-state index contributed by atoms with van der Waals surface area (Å²) in [6, 6.07) is 9.98. The fourth-order valence-electron chi connectivity index (χ4n) is 2.87. The van der Waals surface area contributed by atoms with Crippen molar-refractivity contribution in [1.82, 2.24) is 16.0 Å². The van der Waals surface area contributed by atoms with Crippen molar-refractivity contribution in [2.45, 2.75) is 19.5 Å². The molecule has 0 spiro atoms. The van der Waals surface area contributed by atoms with Crippen LogP contribution in [0.3, 0.4) is 0 Å². The summed E-state index contributed by atoms with van der Waals surface area (Å²) >= 11 is 2.16. The summed E-state index contributed by atoms with van der Waals surface area (Å²) in [6.45, 7) is 1.54. The van der Waals surface area contributed by atoms with Crippen molar-refractivity contribution >= 4 is 46.4 Å². The van der Waals surface area contributed by atoms with E-state index >= 15 is 0 Å². The lowest BCUT2D eigenvalue weighted by Crippen LogP contribution is -2.48. The number of amides is 3. The van der Waals surface area contributed by atoms with Crippen LogP contribution in [0, 0.1) is 6.92 Å². The summed E-state index contributed by atoms with van der Waals surface area (Å²) in [6.07, 6.45) is 0. The molecule has 3 amide bonds. The van der Waals surface area contributed by atoms with Crippen molar-refractivity contribution < 1.29 is 29.4 Å². The maximum absolute atomic E-state index is 12.7. The van der Waals surface area contributed by atoms with Crippen molar-refractivity contribution in [2.24, 2.45) is 0 Å². The van der Waals surface area contributed by atoms with Gasteiger partial charge in [0.2, 0.25) is 0 Å². The number of hydrogen-bond donors (Lipinski definition) is 5. The van der Waals surface area contributed by atoms with E-state index in [2.05, 4.69) is 16.0 Å². The van der Waals surface area contributed by atoms with Crippen LogP contribution >= 0.6 is 22.7 Å². The van der Waals surface area contributed by atoms with E-state index in [0.717, 1.165) is 11.3 Å².